The van der Waals surface area contributed by atoms with Crippen LogP contribution in [0.5, 0.6) is 11.5 Å². The minimum Gasteiger partial charge on any atom is -0.490 e. The van der Waals surface area contributed by atoms with Gasteiger partial charge < -0.3 is 14.8 Å². The van der Waals surface area contributed by atoms with Crippen molar-refractivity contribution >= 4 is 17.2 Å². The van der Waals surface area contributed by atoms with Crippen LogP contribution in [0.25, 0.3) is 0 Å². The predicted octanol–water partition coefficient (Wildman–Crippen LogP) is 3.23. The Morgan fingerprint density at radius 2 is 1.90 bits per heavy atom. The van der Waals surface area contributed by atoms with Gasteiger partial charge in [0.1, 0.15) is 0 Å². The van der Waals surface area contributed by atoms with Crippen molar-refractivity contribution in [2.24, 2.45) is 0 Å². The summed E-state index contributed by atoms with van der Waals surface area (Å²) in [6.07, 6.45) is 0.926. The van der Waals surface area contributed by atoms with Crippen molar-refractivity contribution in [3.63, 3.8) is 0 Å². The zero-order chi connectivity index (χ0) is 14.9. The number of carbonyl (C=O) groups excluding carboxylic acids is 1. The zero-order valence-corrected chi connectivity index (χ0v) is 12.8. The molecule has 0 spiro atoms. The number of para-hydroxylation sites is 2. The van der Waals surface area contributed by atoms with Crippen LogP contribution in [0.1, 0.15) is 18.2 Å². The van der Waals surface area contributed by atoms with Crippen molar-refractivity contribution in [1.82, 2.24) is 5.32 Å². The average Bonchev–Trinajstić information content (AvgIpc) is 3.03. The number of nitrogens with one attached hydrogen (secondary N) is 1. The molecular formula is C16H19NO3S. The van der Waals surface area contributed by atoms with Crippen molar-refractivity contribution in [3.05, 3.63) is 46.7 Å². The van der Waals surface area contributed by atoms with Gasteiger partial charge in [0.05, 0.1) is 13.2 Å². The molecule has 1 heterocycles. The Morgan fingerprint density at radius 3 is 2.57 bits per heavy atom. The Balaban J connectivity index is 1.80. The minimum absolute atomic E-state index is 0.0160. The van der Waals surface area contributed by atoms with Crippen LogP contribution in [-0.4, -0.2) is 19.1 Å². The zero-order valence-electron chi connectivity index (χ0n) is 12.0. The average molecular weight is 305 g/mol. The van der Waals surface area contributed by atoms with E-state index in [2.05, 4.69) is 5.32 Å². The van der Waals surface area contributed by atoms with Crippen molar-refractivity contribution in [2.45, 2.75) is 19.9 Å². The molecule has 1 aromatic heterocycles. The molecule has 0 saturated carbocycles. The van der Waals surface area contributed by atoms with Gasteiger partial charge in [-0.1, -0.05) is 25.1 Å². The molecule has 0 bridgehead atoms. The largest absolute Gasteiger partial charge is 0.490 e. The molecule has 1 N–H and O–H groups in total. The fourth-order valence-electron chi connectivity index (χ4n) is 1.69. The van der Waals surface area contributed by atoms with Crippen LogP contribution in [-0.2, 0) is 11.3 Å². The molecule has 0 saturated heterocycles. The SMILES string of the molecule is CCCOc1ccccc1OCC(=O)NCc1cccs1. The lowest BCUT2D eigenvalue weighted by Crippen LogP contribution is -2.28. The second-order valence-electron chi connectivity index (χ2n) is 4.44. The van der Waals surface area contributed by atoms with Gasteiger partial charge in [-0.2, -0.15) is 0 Å². The summed E-state index contributed by atoms with van der Waals surface area (Å²) in [4.78, 5) is 12.9. The fourth-order valence-corrected chi connectivity index (χ4v) is 2.34. The molecular weight excluding hydrogens is 286 g/mol. The molecule has 0 aliphatic heterocycles. The van der Waals surface area contributed by atoms with Crippen molar-refractivity contribution in [3.8, 4) is 11.5 Å². The van der Waals surface area contributed by atoms with Gasteiger partial charge in [0.25, 0.3) is 5.91 Å². The van der Waals surface area contributed by atoms with Gasteiger partial charge in [0.2, 0.25) is 0 Å². The predicted molar refractivity (Wildman–Crippen MR) is 83.9 cm³/mol. The topological polar surface area (TPSA) is 47.6 Å². The maximum Gasteiger partial charge on any atom is 0.258 e. The van der Waals surface area contributed by atoms with Crippen LogP contribution in [0.2, 0.25) is 0 Å². The molecule has 5 heteroatoms. The molecule has 21 heavy (non-hydrogen) atoms. The van der Waals surface area contributed by atoms with Gasteiger partial charge >= 0.3 is 0 Å². The number of hydrogen-bond donors (Lipinski definition) is 1. The third-order valence-corrected chi connectivity index (χ3v) is 3.59. The van der Waals surface area contributed by atoms with Crippen LogP contribution >= 0.6 is 11.3 Å². The molecule has 4 nitrogen and oxygen atoms in total. The van der Waals surface area contributed by atoms with E-state index >= 15 is 0 Å². The summed E-state index contributed by atoms with van der Waals surface area (Å²) in [5.74, 6) is 1.12. The van der Waals surface area contributed by atoms with Gasteiger partial charge in [-0.25, -0.2) is 0 Å². The lowest BCUT2D eigenvalue weighted by molar-refractivity contribution is -0.123. The van der Waals surface area contributed by atoms with Gasteiger partial charge in [0, 0.05) is 4.88 Å². The molecule has 0 aliphatic carbocycles. The van der Waals surface area contributed by atoms with Gasteiger partial charge in [-0.05, 0) is 30.0 Å². The third kappa shape index (κ3) is 5.11. The molecule has 0 fully saturated rings. The van der Waals surface area contributed by atoms with Crippen LogP contribution in [0.4, 0.5) is 0 Å². The van der Waals surface area contributed by atoms with Crippen molar-refractivity contribution in [1.29, 1.82) is 0 Å². The van der Waals surface area contributed by atoms with E-state index in [0.29, 0.717) is 24.7 Å². The maximum absolute atomic E-state index is 11.8. The molecule has 1 aromatic carbocycles. The summed E-state index contributed by atoms with van der Waals surface area (Å²) in [5.41, 5.74) is 0. The van der Waals surface area contributed by atoms with Crippen molar-refractivity contribution < 1.29 is 14.3 Å². The van der Waals surface area contributed by atoms with E-state index in [9.17, 15) is 4.79 Å². The minimum atomic E-state index is -0.145. The molecule has 112 valence electrons. The first-order chi connectivity index (χ1) is 10.3. The highest BCUT2D eigenvalue weighted by Crippen LogP contribution is 2.26. The summed E-state index contributed by atoms with van der Waals surface area (Å²) in [5, 5.41) is 4.81. The standard InChI is InChI=1S/C16H19NO3S/c1-2-9-19-14-7-3-4-8-15(14)20-12-16(18)17-11-13-6-5-10-21-13/h3-8,10H,2,9,11-12H2,1H3,(H,17,18). The highest BCUT2D eigenvalue weighted by Gasteiger charge is 2.07. The molecule has 2 aromatic rings. The van der Waals surface area contributed by atoms with Gasteiger partial charge in [-0.15, -0.1) is 11.3 Å². The van der Waals surface area contributed by atoms with E-state index in [4.69, 9.17) is 9.47 Å². The number of hydrogen-bond acceptors (Lipinski definition) is 4. The van der Waals surface area contributed by atoms with Gasteiger partial charge in [0.15, 0.2) is 18.1 Å². The highest BCUT2D eigenvalue weighted by molar-refractivity contribution is 7.09. The molecule has 2 rings (SSSR count). The van der Waals surface area contributed by atoms with Gasteiger partial charge in [-0.3, -0.25) is 4.79 Å². The Morgan fingerprint density at radius 1 is 1.14 bits per heavy atom. The maximum atomic E-state index is 11.8. The number of thiophene rings is 1. The lowest BCUT2D eigenvalue weighted by atomic mass is 10.3. The van der Waals surface area contributed by atoms with E-state index < -0.39 is 0 Å². The third-order valence-electron chi connectivity index (χ3n) is 2.71. The molecule has 0 atom stereocenters. The van der Waals surface area contributed by atoms with Crippen molar-refractivity contribution in [2.75, 3.05) is 13.2 Å². The summed E-state index contributed by atoms with van der Waals surface area (Å²) in [7, 11) is 0. The summed E-state index contributed by atoms with van der Waals surface area (Å²) in [6, 6.07) is 11.3. The summed E-state index contributed by atoms with van der Waals surface area (Å²) in [6.45, 7) is 3.19. The molecule has 0 unspecified atom stereocenters. The van der Waals surface area contributed by atoms with E-state index in [1.807, 2.05) is 42.6 Å². The second-order valence-corrected chi connectivity index (χ2v) is 5.47. The number of rotatable bonds is 8. The number of benzene rings is 1. The highest BCUT2D eigenvalue weighted by atomic mass is 32.1. The summed E-state index contributed by atoms with van der Waals surface area (Å²) < 4.78 is 11.1. The first kappa shape index (κ1) is 15.4. The van der Waals surface area contributed by atoms with E-state index in [0.717, 1.165) is 11.3 Å². The van der Waals surface area contributed by atoms with E-state index in [-0.39, 0.29) is 12.5 Å². The Bertz CT molecular complexity index is 554. The molecule has 0 radical (unpaired) electrons. The Hall–Kier alpha value is -2.01. The molecule has 0 aliphatic rings. The smallest absolute Gasteiger partial charge is 0.258 e. The van der Waals surface area contributed by atoms with Crippen LogP contribution in [0.15, 0.2) is 41.8 Å². The number of carbonyl (C=O) groups is 1. The lowest BCUT2D eigenvalue weighted by Gasteiger charge is -2.12. The quantitative estimate of drug-likeness (QED) is 0.814. The first-order valence-electron chi connectivity index (χ1n) is 6.93. The fraction of sp³-hybridized carbons (Fsp3) is 0.312. The van der Waals surface area contributed by atoms with E-state index in [1.165, 1.54) is 0 Å². The summed E-state index contributed by atoms with van der Waals surface area (Å²) >= 11 is 1.62. The second kappa shape index (κ2) is 8.32. The van der Waals surface area contributed by atoms with Crippen LogP contribution in [0.3, 0.4) is 0 Å². The van der Waals surface area contributed by atoms with Crippen LogP contribution < -0.4 is 14.8 Å². The monoisotopic (exact) mass is 305 g/mol. The Labute approximate surface area is 128 Å². The molecule has 1 amide bonds. The number of ether oxygens (including phenoxy) is 2. The first-order valence-corrected chi connectivity index (χ1v) is 7.81. The number of amides is 1. The van der Waals surface area contributed by atoms with E-state index in [1.54, 1.807) is 17.4 Å². The van der Waals surface area contributed by atoms with Crippen LogP contribution in [0, 0.1) is 0 Å². The normalized spacial score (nSPS) is 10.1. The Kier molecular flexibility index (Phi) is 6.09.